The summed E-state index contributed by atoms with van der Waals surface area (Å²) in [4.78, 5) is 15.7. The highest BCUT2D eigenvalue weighted by molar-refractivity contribution is 5.87. The normalized spacial score (nSPS) is 29.2. The Morgan fingerprint density at radius 2 is 1.81 bits per heavy atom. The molecule has 2 bridgehead atoms. The van der Waals surface area contributed by atoms with Gasteiger partial charge in [0.25, 0.3) is 0 Å². The number of alkyl halides is 6. The van der Waals surface area contributed by atoms with Crippen LogP contribution in [0.2, 0.25) is 0 Å². The zero-order valence-corrected chi connectivity index (χ0v) is 15.7. The Labute approximate surface area is 170 Å². The van der Waals surface area contributed by atoms with Crippen LogP contribution >= 0.6 is 0 Å². The van der Waals surface area contributed by atoms with E-state index in [0.717, 1.165) is 0 Å². The number of halogens is 7. The zero-order valence-electron chi connectivity index (χ0n) is 15.7. The van der Waals surface area contributed by atoms with Crippen molar-refractivity contribution in [2.45, 2.75) is 50.6 Å². The summed E-state index contributed by atoms with van der Waals surface area (Å²) in [5.41, 5.74) is -3.97. The Morgan fingerprint density at radius 3 is 2.42 bits per heavy atom. The summed E-state index contributed by atoms with van der Waals surface area (Å²) in [5.74, 6) is -1.44. The Hall–Kier alpha value is -2.66. The van der Waals surface area contributed by atoms with Crippen molar-refractivity contribution in [2.75, 3.05) is 0 Å². The van der Waals surface area contributed by atoms with Crippen LogP contribution < -0.4 is 5.32 Å². The van der Waals surface area contributed by atoms with Crippen molar-refractivity contribution >= 4 is 5.91 Å². The lowest BCUT2D eigenvalue weighted by Crippen LogP contribution is -2.72. The number of nitrogens with one attached hydrogen (secondary N) is 1. The molecule has 3 aliphatic carbocycles. The molecule has 3 heterocycles. The van der Waals surface area contributed by atoms with Gasteiger partial charge in [-0.05, 0) is 37.8 Å². The van der Waals surface area contributed by atoms with Crippen LogP contribution in [0.3, 0.4) is 0 Å². The van der Waals surface area contributed by atoms with Crippen LogP contribution in [-0.2, 0) is 17.5 Å². The molecular weight excluding hydrogens is 433 g/mol. The third-order valence-corrected chi connectivity index (χ3v) is 6.64. The first-order valence-electron chi connectivity index (χ1n) is 9.52. The molecular formula is C19H15F7N4O. The quantitative estimate of drug-likeness (QED) is 0.709. The molecule has 2 aromatic heterocycles. The fourth-order valence-electron chi connectivity index (χ4n) is 5.00. The summed E-state index contributed by atoms with van der Waals surface area (Å²) in [6, 6.07) is 1.39. The molecule has 12 heteroatoms. The summed E-state index contributed by atoms with van der Waals surface area (Å²) in [6.07, 6.45) is -8.85. The largest absolute Gasteiger partial charge is 0.433 e. The molecule has 0 saturated heterocycles. The number of hydrogen-bond donors (Lipinski definition) is 1. The van der Waals surface area contributed by atoms with Crippen molar-refractivity contribution in [2.24, 2.45) is 10.8 Å². The van der Waals surface area contributed by atoms with Crippen molar-refractivity contribution in [1.29, 1.82) is 0 Å². The van der Waals surface area contributed by atoms with E-state index in [9.17, 15) is 35.5 Å². The maximum absolute atomic E-state index is 14.1. The van der Waals surface area contributed by atoms with Crippen molar-refractivity contribution < 1.29 is 35.5 Å². The molecule has 3 saturated carbocycles. The van der Waals surface area contributed by atoms with Gasteiger partial charge in [0.15, 0.2) is 5.82 Å². The van der Waals surface area contributed by atoms with E-state index in [-0.39, 0.29) is 30.5 Å². The molecule has 2 aromatic rings. The van der Waals surface area contributed by atoms with Crippen LogP contribution in [0, 0.1) is 16.6 Å². The molecule has 0 radical (unpaired) electrons. The standard InChI is InChI=1S/C19H15F7N4O/c20-10-5-27-14(18(21,22)23)3-9(10)12-4-13-11(1-2-30(13)29-12)28-15(31)16-6-17(7-16,8-16)19(24,25)26/h3-5,11H,1-2,6-8H2,(H,28,31)/t11-,16?,17?/m0/s1. The molecule has 6 rings (SSSR count). The maximum Gasteiger partial charge on any atom is 0.433 e. The second-order valence-corrected chi connectivity index (χ2v) is 8.63. The number of fused-ring (bicyclic) bond motifs is 1. The third-order valence-electron chi connectivity index (χ3n) is 6.64. The molecule has 4 aliphatic rings. The Balaban J connectivity index is 1.34. The first-order valence-corrected chi connectivity index (χ1v) is 9.52. The average molecular weight is 448 g/mol. The number of rotatable bonds is 3. The van der Waals surface area contributed by atoms with E-state index in [1.165, 1.54) is 10.7 Å². The molecule has 1 N–H and O–H groups in total. The number of carbonyl (C=O) groups is 1. The highest BCUT2D eigenvalue weighted by Crippen LogP contribution is 2.78. The topological polar surface area (TPSA) is 59.8 Å². The fraction of sp³-hybridized carbons (Fsp3) is 0.526. The first-order chi connectivity index (χ1) is 14.3. The number of nitrogens with zero attached hydrogens (tertiary/aromatic N) is 3. The van der Waals surface area contributed by atoms with Crippen LogP contribution in [0.25, 0.3) is 11.3 Å². The Kier molecular flexibility index (Phi) is 3.90. The molecule has 0 spiro atoms. The molecule has 0 unspecified atom stereocenters. The smallest absolute Gasteiger partial charge is 0.347 e. The molecule has 31 heavy (non-hydrogen) atoms. The van der Waals surface area contributed by atoms with Gasteiger partial charge in [-0.2, -0.15) is 31.4 Å². The van der Waals surface area contributed by atoms with E-state index in [1.807, 2.05) is 0 Å². The molecule has 1 amide bonds. The van der Waals surface area contributed by atoms with Gasteiger partial charge in [-0.3, -0.25) is 9.48 Å². The molecule has 5 nitrogen and oxygen atoms in total. The number of amides is 1. The molecule has 1 atom stereocenters. The van der Waals surface area contributed by atoms with Crippen molar-refractivity contribution in [3.8, 4) is 11.3 Å². The van der Waals surface area contributed by atoms with Gasteiger partial charge < -0.3 is 5.32 Å². The number of aryl methyl sites for hydroxylation is 1. The minimum atomic E-state index is -4.75. The summed E-state index contributed by atoms with van der Waals surface area (Å²) < 4.78 is 93.3. The average Bonchev–Trinajstić information content (AvgIpc) is 3.12. The molecule has 0 aromatic carbocycles. The van der Waals surface area contributed by atoms with E-state index in [1.54, 1.807) is 0 Å². The van der Waals surface area contributed by atoms with E-state index in [2.05, 4.69) is 15.4 Å². The van der Waals surface area contributed by atoms with Gasteiger partial charge in [-0.15, -0.1) is 0 Å². The van der Waals surface area contributed by atoms with Gasteiger partial charge in [-0.25, -0.2) is 9.37 Å². The second kappa shape index (κ2) is 5.98. The van der Waals surface area contributed by atoms with Gasteiger partial charge in [0.1, 0.15) is 5.69 Å². The van der Waals surface area contributed by atoms with Crippen LogP contribution in [-0.4, -0.2) is 26.8 Å². The number of carbonyl (C=O) groups excluding carboxylic acids is 1. The maximum atomic E-state index is 14.1. The number of hydrogen-bond acceptors (Lipinski definition) is 3. The molecule has 3 fully saturated rings. The van der Waals surface area contributed by atoms with Crippen LogP contribution in [0.4, 0.5) is 30.7 Å². The van der Waals surface area contributed by atoms with E-state index in [0.29, 0.717) is 30.9 Å². The van der Waals surface area contributed by atoms with Gasteiger partial charge >= 0.3 is 12.4 Å². The van der Waals surface area contributed by atoms with Gasteiger partial charge in [0.05, 0.1) is 34.5 Å². The highest BCUT2D eigenvalue weighted by atomic mass is 19.4. The van der Waals surface area contributed by atoms with Crippen molar-refractivity contribution in [1.82, 2.24) is 20.1 Å². The lowest BCUT2D eigenvalue weighted by Gasteiger charge is -2.69. The van der Waals surface area contributed by atoms with E-state index >= 15 is 0 Å². The van der Waals surface area contributed by atoms with E-state index in [4.69, 9.17) is 0 Å². The lowest BCUT2D eigenvalue weighted by molar-refractivity contribution is -0.351. The molecule has 1 aliphatic heterocycles. The van der Waals surface area contributed by atoms with E-state index < -0.39 is 46.6 Å². The minimum Gasteiger partial charge on any atom is -0.347 e. The first kappa shape index (κ1) is 20.3. The van der Waals surface area contributed by atoms with Gasteiger partial charge in [0.2, 0.25) is 5.91 Å². The summed E-state index contributed by atoms with van der Waals surface area (Å²) >= 11 is 0. The number of pyridine rings is 1. The third kappa shape index (κ3) is 2.86. The minimum absolute atomic E-state index is 0.0408. The highest BCUT2D eigenvalue weighted by Gasteiger charge is 2.81. The Bertz CT molecular complexity index is 1070. The van der Waals surface area contributed by atoms with Gasteiger partial charge in [0, 0.05) is 12.1 Å². The number of aromatic nitrogens is 3. The fourth-order valence-corrected chi connectivity index (χ4v) is 5.00. The predicted octanol–water partition coefficient (Wildman–Crippen LogP) is 4.40. The SMILES string of the molecule is O=C(N[C@H]1CCn2nc(-c3cc(C(F)(F)F)ncc3F)cc21)C12CC(C(F)(F)F)(C1)C2. The predicted molar refractivity (Wildman–Crippen MR) is 90.7 cm³/mol. The van der Waals surface area contributed by atoms with Crippen molar-refractivity contribution in [3.05, 3.63) is 35.5 Å². The molecule has 166 valence electrons. The monoisotopic (exact) mass is 448 g/mol. The zero-order chi connectivity index (χ0) is 22.4. The summed E-state index contributed by atoms with van der Waals surface area (Å²) in [7, 11) is 0. The summed E-state index contributed by atoms with van der Waals surface area (Å²) in [5, 5.41) is 6.88. The van der Waals surface area contributed by atoms with Gasteiger partial charge in [-0.1, -0.05) is 0 Å². The second-order valence-electron chi connectivity index (χ2n) is 8.63. The summed E-state index contributed by atoms with van der Waals surface area (Å²) in [6.45, 7) is 0.332. The van der Waals surface area contributed by atoms with Crippen LogP contribution in [0.5, 0.6) is 0 Å². The van der Waals surface area contributed by atoms with Crippen LogP contribution in [0.15, 0.2) is 18.3 Å². The van der Waals surface area contributed by atoms with Crippen LogP contribution in [0.1, 0.15) is 43.1 Å². The Morgan fingerprint density at radius 1 is 1.13 bits per heavy atom. The van der Waals surface area contributed by atoms with Crippen molar-refractivity contribution in [3.63, 3.8) is 0 Å². The lowest BCUT2D eigenvalue weighted by atomic mass is 9.34.